The van der Waals surface area contributed by atoms with E-state index >= 15 is 0 Å². The van der Waals surface area contributed by atoms with E-state index < -0.39 is 6.09 Å². The number of amides is 1. The lowest BCUT2D eigenvalue weighted by Crippen LogP contribution is -2.51. The number of nitrogens with one attached hydrogen (secondary N) is 1. The third-order valence-electron chi connectivity index (χ3n) is 6.80. The number of carboxylic acid groups (broad SMARTS) is 1. The van der Waals surface area contributed by atoms with Crippen molar-refractivity contribution >= 4 is 11.9 Å². The third-order valence-corrected chi connectivity index (χ3v) is 6.80. The van der Waals surface area contributed by atoms with Gasteiger partial charge in [-0.1, -0.05) is 6.07 Å². The molecule has 3 aromatic rings. The lowest BCUT2D eigenvalue weighted by molar-refractivity contribution is 0.0965. The molecule has 0 unspecified atom stereocenters. The first-order valence-electron chi connectivity index (χ1n) is 10.8. The summed E-state index contributed by atoms with van der Waals surface area (Å²) in [6, 6.07) is 10.3. The second-order valence-corrected chi connectivity index (χ2v) is 8.49. The molecule has 2 bridgehead atoms. The third kappa shape index (κ3) is 3.53. The van der Waals surface area contributed by atoms with Crippen molar-refractivity contribution in [3.05, 3.63) is 42.7 Å². The summed E-state index contributed by atoms with van der Waals surface area (Å²) in [4.78, 5) is 15.3. The molecule has 0 saturated carbocycles. The van der Waals surface area contributed by atoms with Crippen LogP contribution < -0.4 is 9.64 Å². The molecule has 2 aliphatic rings. The van der Waals surface area contributed by atoms with Gasteiger partial charge in [0, 0.05) is 42.5 Å². The molecule has 32 heavy (non-hydrogen) atoms. The number of hydrogen-bond acceptors (Lipinski definition) is 6. The number of nitrogens with zero attached hydrogens (tertiary/aromatic N) is 5. The number of anilines is 1. The Balaban J connectivity index is 1.34. The van der Waals surface area contributed by atoms with Crippen molar-refractivity contribution in [1.82, 2.24) is 25.3 Å². The van der Waals surface area contributed by atoms with Crippen LogP contribution in [0.15, 0.2) is 42.7 Å². The van der Waals surface area contributed by atoms with Gasteiger partial charge in [-0.3, -0.25) is 5.10 Å². The topological polar surface area (TPSA) is 107 Å². The van der Waals surface area contributed by atoms with E-state index in [4.69, 9.17) is 4.74 Å². The van der Waals surface area contributed by atoms with Crippen LogP contribution in [0.5, 0.6) is 5.75 Å². The van der Waals surface area contributed by atoms with E-state index in [9.17, 15) is 9.90 Å². The highest BCUT2D eigenvalue weighted by Crippen LogP contribution is 2.38. The molecule has 2 N–H and O–H groups in total. The number of ether oxygens (including phenoxy) is 1. The van der Waals surface area contributed by atoms with Crippen LogP contribution in [0.25, 0.3) is 22.4 Å². The normalized spacial score (nSPS) is 22.1. The number of piperidine rings is 1. The van der Waals surface area contributed by atoms with E-state index in [1.54, 1.807) is 18.2 Å². The van der Waals surface area contributed by atoms with Gasteiger partial charge in [0.1, 0.15) is 5.75 Å². The van der Waals surface area contributed by atoms with Gasteiger partial charge in [0.25, 0.3) is 0 Å². The minimum Gasteiger partial charge on any atom is -0.496 e. The summed E-state index contributed by atoms with van der Waals surface area (Å²) >= 11 is 0. The van der Waals surface area contributed by atoms with Crippen molar-refractivity contribution in [2.45, 2.75) is 43.8 Å². The number of aromatic amines is 1. The molecule has 0 aliphatic carbocycles. The fourth-order valence-corrected chi connectivity index (χ4v) is 5.11. The molecule has 0 spiro atoms. The largest absolute Gasteiger partial charge is 0.496 e. The maximum absolute atomic E-state index is 11.5. The van der Waals surface area contributed by atoms with Gasteiger partial charge >= 0.3 is 6.09 Å². The molecule has 4 heterocycles. The van der Waals surface area contributed by atoms with Crippen LogP contribution in [0, 0.1) is 0 Å². The monoisotopic (exact) mass is 434 g/mol. The Bertz CT molecular complexity index is 1090. The van der Waals surface area contributed by atoms with E-state index in [0.29, 0.717) is 0 Å². The van der Waals surface area contributed by atoms with Gasteiger partial charge in [0.2, 0.25) is 0 Å². The number of fused-ring (bicyclic) bond motifs is 2. The smallest absolute Gasteiger partial charge is 0.407 e. The Morgan fingerprint density at radius 1 is 1.16 bits per heavy atom. The predicted molar refractivity (Wildman–Crippen MR) is 120 cm³/mol. The van der Waals surface area contributed by atoms with Crippen LogP contribution in [0.1, 0.15) is 25.7 Å². The Morgan fingerprint density at radius 2 is 1.94 bits per heavy atom. The van der Waals surface area contributed by atoms with E-state index in [1.807, 2.05) is 43.6 Å². The molecule has 2 saturated heterocycles. The number of H-pyrrole nitrogens is 1. The first kappa shape index (κ1) is 20.3. The van der Waals surface area contributed by atoms with Crippen LogP contribution in [0.3, 0.4) is 0 Å². The Morgan fingerprint density at radius 3 is 2.53 bits per heavy atom. The van der Waals surface area contributed by atoms with Crippen molar-refractivity contribution in [2.24, 2.45) is 0 Å². The Kier molecular flexibility index (Phi) is 5.16. The maximum Gasteiger partial charge on any atom is 0.407 e. The van der Waals surface area contributed by atoms with Crippen LogP contribution in [0.2, 0.25) is 0 Å². The summed E-state index contributed by atoms with van der Waals surface area (Å²) in [5.74, 6) is 1.51. The van der Waals surface area contributed by atoms with Crippen molar-refractivity contribution in [3.8, 4) is 28.1 Å². The van der Waals surface area contributed by atoms with Crippen LogP contribution >= 0.6 is 0 Å². The van der Waals surface area contributed by atoms with Gasteiger partial charge in [-0.2, -0.15) is 5.10 Å². The standard InChI is InChI=1S/C23H26N6O3/c1-28(18-10-16-4-5-17(11-18)29(16)23(30)31)22-8-7-20(26-27-22)19-6-3-14(9-21(19)32-2)15-12-24-25-13-15/h3,6-9,12-13,16-18H,4-5,10-11H2,1-2H3,(H,24,25)(H,30,31)/t16-,17+,18-. The van der Waals surface area contributed by atoms with E-state index in [1.165, 1.54) is 0 Å². The molecular weight excluding hydrogens is 408 g/mol. The summed E-state index contributed by atoms with van der Waals surface area (Å²) in [7, 11) is 3.66. The van der Waals surface area contributed by atoms with Gasteiger partial charge in [0.05, 0.1) is 19.0 Å². The first-order valence-corrected chi connectivity index (χ1v) is 10.8. The molecule has 5 rings (SSSR count). The van der Waals surface area contributed by atoms with Crippen molar-refractivity contribution in [2.75, 3.05) is 19.1 Å². The average Bonchev–Trinajstić information content (AvgIpc) is 3.45. The van der Waals surface area contributed by atoms with E-state index in [2.05, 4.69) is 25.3 Å². The van der Waals surface area contributed by atoms with Crippen molar-refractivity contribution in [1.29, 1.82) is 0 Å². The molecule has 9 nitrogen and oxygen atoms in total. The fraction of sp³-hybridized carbons (Fsp3) is 0.391. The zero-order chi connectivity index (χ0) is 22.2. The molecule has 2 aliphatic heterocycles. The SMILES string of the molecule is COc1cc(-c2cn[nH]c2)ccc1-c1ccc(N(C)[C@@H]2C[C@H]3CC[C@@H](C2)N3C(=O)O)nn1. The molecule has 0 radical (unpaired) electrons. The number of aromatic nitrogens is 4. The Hall–Kier alpha value is -3.62. The highest BCUT2D eigenvalue weighted by molar-refractivity contribution is 5.74. The molecule has 9 heteroatoms. The van der Waals surface area contributed by atoms with Crippen LogP contribution in [-0.2, 0) is 0 Å². The fourth-order valence-electron chi connectivity index (χ4n) is 5.11. The highest BCUT2D eigenvalue weighted by atomic mass is 16.5. The molecule has 1 aromatic carbocycles. The second kappa shape index (κ2) is 8.14. The average molecular weight is 435 g/mol. The summed E-state index contributed by atoms with van der Waals surface area (Å²) in [5.41, 5.74) is 3.60. The van der Waals surface area contributed by atoms with E-state index in [0.717, 1.165) is 59.6 Å². The van der Waals surface area contributed by atoms with Crippen molar-refractivity contribution in [3.63, 3.8) is 0 Å². The highest BCUT2D eigenvalue weighted by Gasteiger charge is 2.44. The minimum absolute atomic E-state index is 0.101. The number of benzene rings is 1. The van der Waals surface area contributed by atoms with Gasteiger partial charge in [0.15, 0.2) is 5.82 Å². The maximum atomic E-state index is 11.5. The first-order chi connectivity index (χ1) is 15.5. The van der Waals surface area contributed by atoms with Gasteiger partial charge in [-0.15, -0.1) is 10.2 Å². The quantitative estimate of drug-likeness (QED) is 0.631. The summed E-state index contributed by atoms with van der Waals surface area (Å²) in [5, 5.41) is 25.3. The molecule has 3 atom stereocenters. The molecule has 2 fully saturated rings. The van der Waals surface area contributed by atoms with Gasteiger partial charge in [-0.25, -0.2) is 4.79 Å². The second-order valence-electron chi connectivity index (χ2n) is 8.49. The zero-order valence-corrected chi connectivity index (χ0v) is 18.1. The van der Waals surface area contributed by atoms with Gasteiger partial charge in [-0.05, 0) is 55.5 Å². The predicted octanol–water partition coefficient (Wildman–Crippen LogP) is 3.65. The number of methoxy groups -OCH3 is 1. The molecule has 166 valence electrons. The molecule has 1 amide bonds. The Labute approximate surface area is 186 Å². The minimum atomic E-state index is -0.796. The number of hydrogen-bond donors (Lipinski definition) is 2. The summed E-state index contributed by atoms with van der Waals surface area (Å²) < 4.78 is 5.61. The molecular formula is C23H26N6O3. The lowest BCUT2D eigenvalue weighted by Gasteiger charge is -2.41. The number of rotatable bonds is 5. The van der Waals surface area contributed by atoms with E-state index in [-0.39, 0.29) is 18.1 Å². The van der Waals surface area contributed by atoms with Crippen LogP contribution in [0.4, 0.5) is 10.6 Å². The van der Waals surface area contributed by atoms with Gasteiger partial charge < -0.3 is 19.6 Å². The summed E-state index contributed by atoms with van der Waals surface area (Å²) in [6.07, 6.45) is 6.35. The van der Waals surface area contributed by atoms with Crippen molar-refractivity contribution < 1.29 is 14.6 Å². The van der Waals surface area contributed by atoms with Crippen LogP contribution in [-0.4, -0.2) is 68.8 Å². The number of carbonyl (C=O) groups is 1. The molecule has 2 aromatic heterocycles. The zero-order valence-electron chi connectivity index (χ0n) is 18.1. The summed E-state index contributed by atoms with van der Waals surface area (Å²) in [6.45, 7) is 0. The lowest BCUT2D eigenvalue weighted by atomic mass is 9.96.